The van der Waals surface area contributed by atoms with Crippen LogP contribution in [-0.4, -0.2) is 12.6 Å². The maximum Gasteiger partial charge on any atom is 0.311 e. The first-order valence-corrected chi connectivity index (χ1v) is 4.65. The molecule has 0 bridgehead atoms. The Labute approximate surface area is 79.7 Å². The molecule has 1 unspecified atom stereocenters. The third-order valence-corrected chi connectivity index (χ3v) is 2.34. The first-order valence-electron chi connectivity index (χ1n) is 4.65. The molecule has 0 aromatic heterocycles. The Kier molecular flexibility index (Phi) is 5.13. The molecule has 0 aromatic rings. The summed E-state index contributed by atoms with van der Waals surface area (Å²) < 4.78 is 4.95. The number of nitriles is 1. The van der Waals surface area contributed by atoms with Crippen LogP contribution in [0.3, 0.4) is 0 Å². The summed E-state index contributed by atoms with van der Waals surface area (Å²) in [6.07, 6.45) is 1.70. The van der Waals surface area contributed by atoms with Gasteiger partial charge < -0.3 is 4.74 Å². The average Bonchev–Trinajstić information content (AvgIpc) is 2.14. The van der Waals surface area contributed by atoms with E-state index in [1.807, 2.05) is 19.9 Å². The van der Waals surface area contributed by atoms with Crippen molar-refractivity contribution in [2.24, 2.45) is 5.41 Å². The Morgan fingerprint density at radius 3 is 2.54 bits per heavy atom. The van der Waals surface area contributed by atoms with Crippen LogP contribution in [0.25, 0.3) is 0 Å². The summed E-state index contributed by atoms with van der Waals surface area (Å²) in [5.41, 5.74) is -0.480. The van der Waals surface area contributed by atoms with Crippen molar-refractivity contribution in [2.75, 3.05) is 6.61 Å². The van der Waals surface area contributed by atoms with Crippen molar-refractivity contribution >= 4 is 5.97 Å². The van der Waals surface area contributed by atoms with Gasteiger partial charge in [-0.05, 0) is 26.7 Å². The molecule has 0 saturated heterocycles. The maximum absolute atomic E-state index is 11.5. The van der Waals surface area contributed by atoms with Gasteiger partial charge in [-0.15, -0.1) is 0 Å². The molecule has 3 heteroatoms. The highest BCUT2D eigenvalue weighted by Gasteiger charge is 2.32. The zero-order valence-corrected chi connectivity index (χ0v) is 8.59. The van der Waals surface area contributed by atoms with E-state index in [1.165, 1.54) is 0 Å². The van der Waals surface area contributed by atoms with Gasteiger partial charge in [-0.1, -0.05) is 6.92 Å². The molecule has 13 heavy (non-hydrogen) atoms. The van der Waals surface area contributed by atoms with Gasteiger partial charge >= 0.3 is 5.97 Å². The first-order chi connectivity index (χ1) is 6.10. The summed E-state index contributed by atoms with van der Waals surface area (Å²) in [6, 6.07) is 2.05. The van der Waals surface area contributed by atoms with E-state index in [2.05, 4.69) is 0 Å². The Balaban J connectivity index is 4.26. The monoisotopic (exact) mass is 183 g/mol. The SMILES string of the molecule is CCOC(=O)C(C)(CC)CCC#N. The van der Waals surface area contributed by atoms with Crippen molar-refractivity contribution in [3.63, 3.8) is 0 Å². The van der Waals surface area contributed by atoms with E-state index in [4.69, 9.17) is 10.00 Å². The van der Waals surface area contributed by atoms with Gasteiger partial charge in [0.25, 0.3) is 0 Å². The lowest BCUT2D eigenvalue weighted by Gasteiger charge is -2.24. The Bertz CT molecular complexity index is 207. The Hall–Kier alpha value is -1.04. The van der Waals surface area contributed by atoms with Crippen LogP contribution in [0.15, 0.2) is 0 Å². The lowest BCUT2D eigenvalue weighted by molar-refractivity contribution is -0.155. The molecule has 0 heterocycles. The standard InChI is InChI=1S/C10H17NO2/c1-4-10(3,7-6-8-11)9(12)13-5-2/h4-7H2,1-3H3. The molecule has 0 N–H and O–H groups in total. The lowest BCUT2D eigenvalue weighted by atomic mass is 9.83. The number of carbonyl (C=O) groups excluding carboxylic acids is 1. The highest BCUT2D eigenvalue weighted by Crippen LogP contribution is 2.28. The number of hydrogen-bond acceptors (Lipinski definition) is 3. The van der Waals surface area contributed by atoms with Crippen LogP contribution in [0.5, 0.6) is 0 Å². The molecule has 74 valence electrons. The van der Waals surface area contributed by atoms with Gasteiger partial charge in [0.05, 0.1) is 18.1 Å². The quantitative estimate of drug-likeness (QED) is 0.614. The minimum Gasteiger partial charge on any atom is -0.466 e. The van der Waals surface area contributed by atoms with Crippen LogP contribution in [0.1, 0.15) is 40.0 Å². The number of hydrogen-bond donors (Lipinski definition) is 0. The fraction of sp³-hybridized carbons (Fsp3) is 0.800. The van der Waals surface area contributed by atoms with E-state index >= 15 is 0 Å². The number of carbonyl (C=O) groups is 1. The third-order valence-electron chi connectivity index (χ3n) is 2.34. The predicted octanol–water partition coefficient (Wildman–Crippen LogP) is 2.27. The summed E-state index contributed by atoms with van der Waals surface area (Å²) in [4.78, 5) is 11.5. The first kappa shape index (κ1) is 12.0. The van der Waals surface area contributed by atoms with E-state index in [0.29, 0.717) is 25.9 Å². The molecule has 0 saturated carbocycles. The van der Waals surface area contributed by atoms with Gasteiger partial charge in [0.2, 0.25) is 0 Å². The second-order valence-corrected chi connectivity index (χ2v) is 3.29. The fourth-order valence-electron chi connectivity index (χ4n) is 1.06. The molecule has 0 aliphatic rings. The summed E-state index contributed by atoms with van der Waals surface area (Å²) >= 11 is 0. The van der Waals surface area contributed by atoms with Gasteiger partial charge in [0.1, 0.15) is 0 Å². The molecular weight excluding hydrogens is 166 g/mol. The van der Waals surface area contributed by atoms with E-state index in [9.17, 15) is 4.79 Å². The predicted molar refractivity (Wildman–Crippen MR) is 49.9 cm³/mol. The summed E-state index contributed by atoms with van der Waals surface area (Å²) in [5.74, 6) is -0.187. The normalized spacial score (nSPS) is 14.3. The second kappa shape index (κ2) is 5.58. The molecule has 0 spiro atoms. The molecule has 0 aliphatic heterocycles. The number of esters is 1. The van der Waals surface area contributed by atoms with Gasteiger partial charge in [0.15, 0.2) is 0 Å². The molecule has 0 amide bonds. The van der Waals surface area contributed by atoms with Gasteiger partial charge in [0, 0.05) is 6.42 Å². The average molecular weight is 183 g/mol. The van der Waals surface area contributed by atoms with Crippen LogP contribution in [0.4, 0.5) is 0 Å². The van der Waals surface area contributed by atoms with E-state index < -0.39 is 5.41 Å². The van der Waals surface area contributed by atoms with E-state index in [0.717, 1.165) is 0 Å². The lowest BCUT2D eigenvalue weighted by Crippen LogP contribution is -2.29. The van der Waals surface area contributed by atoms with Crippen LogP contribution in [0.2, 0.25) is 0 Å². The summed E-state index contributed by atoms with van der Waals surface area (Å²) in [5, 5.41) is 8.43. The molecule has 0 rings (SSSR count). The largest absolute Gasteiger partial charge is 0.466 e. The molecule has 3 nitrogen and oxygen atoms in total. The topological polar surface area (TPSA) is 50.1 Å². The van der Waals surface area contributed by atoms with Gasteiger partial charge in [-0.2, -0.15) is 5.26 Å². The molecule has 0 radical (unpaired) electrons. The third kappa shape index (κ3) is 3.45. The highest BCUT2D eigenvalue weighted by atomic mass is 16.5. The Morgan fingerprint density at radius 1 is 1.54 bits per heavy atom. The van der Waals surface area contributed by atoms with Crippen molar-refractivity contribution in [1.29, 1.82) is 5.26 Å². The zero-order chi connectivity index (χ0) is 10.3. The minimum atomic E-state index is -0.480. The maximum atomic E-state index is 11.5. The summed E-state index contributed by atoms with van der Waals surface area (Å²) in [7, 11) is 0. The van der Waals surface area contributed by atoms with Crippen molar-refractivity contribution < 1.29 is 9.53 Å². The molecular formula is C10H17NO2. The van der Waals surface area contributed by atoms with Crippen LogP contribution < -0.4 is 0 Å². The van der Waals surface area contributed by atoms with Crippen LogP contribution in [0, 0.1) is 16.7 Å². The molecule has 0 aliphatic carbocycles. The van der Waals surface area contributed by atoms with Crippen molar-refractivity contribution in [3.8, 4) is 6.07 Å². The van der Waals surface area contributed by atoms with Crippen molar-refractivity contribution in [3.05, 3.63) is 0 Å². The van der Waals surface area contributed by atoms with Crippen LogP contribution >= 0.6 is 0 Å². The zero-order valence-electron chi connectivity index (χ0n) is 8.59. The van der Waals surface area contributed by atoms with Crippen molar-refractivity contribution in [2.45, 2.75) is 40.0 Å². The number of rotatable bonds is 5. The van der Waals surface area contributed by atoms with Gasteiger partial charge in [-0.3, -0.25) is 4.79 Å². The fourth-order valence-corrected chi connectivity index (χ4v) is 1.06. The molecule has 0 fully saturated rings. The van der Waals surface area contributed by atoms with E-state index in [1.54, 1.807) is 6.92 Å². The Morgan fingerprint density at radius 2 is 2.15 bits per heavy atom. The molecule has 1 atom stereocenters. The van der Waals surface area contributed by atoms with Crippen molar-refractivity contribution in [1.82, 2.24) is 0 Å². The number of ether oxygens (including phenoxy) is 1. The van der Waals surface area contributed by atoms with E-state index in [-0.39, 0.29) is 5.97 Å². The molecule has 0 aromatic carbocycles. The van der Waals surface area contributed by atoms with Crippen LogP contribution in [-0.2, 0) is 9.53 Å². The smallest absolute Gasteiger partial charge is 0.311 e. The minimum absolute atomic E-state index is 0.187. The summed E-state index contributed by atoms with van der Waals surface area (Å²) in [6.45, 7) is 5.98. The van der Waals surface area contributed by atoms with Gasteiger partial charge in [-0.25, -0.2) is 0 Å². The number of nitrogens with zero attached hydrogens (tertiary/aromatic N) is 1. The highest BCUT2D eigenvalue weighted by molar-refractivity contribution is 5.76. The second-order valence-electron chi connectivity index (χ2n) is 3.29.